The molecule has 1 aliphatic carbocycles. The number of likely N-dealkylation sites (tertiary alicyclic amines) is 1. The highest BCUT2D eigenvalue weighted by Gasteiger charge is 2.49. The average Bonchev–Trinajstić information content (AvgIpc) is 3.74. The smallest absolute Gasteiger partial charge is 0.253 e. The summed E-state index contributed by atoms with van der Waals surface area (Å²) in [7, 11) is 6.82. The molecular formula is C30H35N9O3. The molecule has 0 bridgehead atoms. The third-order valence-electron chi connectivity index (χ3n) is 8.22. The molecule has 3 aromatic rings. The Morgan fingerprint density at radius 3 is 2.17 bits per heavy atom. The quantitative estimate of drug-likeness (QED) is 0.417. The fourth-order valence-electron chi connectivity index (χ4n) is 6.19. The summed E-state index contributed by atoms with van der Waals surface area (Å²) >= 11 is 0. The number of aromatic amines is 1. The number of hydrogen-bond donors (Lipinski definition) is 2. The summed E-state index contributed by atoms with van der Waals surface area (Å²) < 4.78 is 0. The first kappa shape index (κ1) is 28.9. The molecule has 1 saturated heterocycles. The van der Waals surface area contributed by atoms with E-state index in [-0.39, 0.29) is 36.3 Å². The molecule has 0 saturated carbocycles. The van der Waals surface area contributed by atoms with Gasteiger partial charge in [0, 0.05) is 51.9 Å². The first-order chi connectivity index (χ1) is 20.1. The van der Waals surface area contributed by atoms with E-state index < -0.39 is 5.41 Å². The Bertz CT molecular complexity index is 1490. The Morgan fingerprint density at radius 2 is 1.67 bits per heavy atom. The molecule has 2 N–H and O–H groups in total. The van der Waals surface area contributed by atoms with E-state index in [1.807, 2.05) is 31.2 Å². The van der Waals surface area contributed by atoms with E-state index in [1.165, 1.54) is 9.80 Å². The van der Waals surface area contributed by atoms with Crippen molar-refractivity contribution in [2.24, 2.45) is 0 Å². The number of nitrogens with one attached hydrogen (secondary N) is 2. The molecule has 218 valence electrons. The topological polar surface area (TPSA) is 151 Å². The summed E-state index contributed by atoms with van der Waals surface area (Å²) in [5.41, 5.74) is 3.55. The largest absolute Gasteiger partial charge is 0.345 e. The standard InChI is InChI=1S/C30H35N9O3/c1-18(32-17-26(40)39-12-6-7-21(39)16-31)15-30(29-33-35-36-34-29)24-10-8-19(27(41)37(2)3)13-22(24)23-14-20(9-11-25(23)30)28(42)38(4)5/h8-11,13-14,18,21,32H,6-7,12,15,17H2,1-5H3,(H,33,34,35,36)/t18-,21?/m0/s1. The number of rotatable bonds is 8. The maximum absolute atomic E-state index is 13.0. The van der Waals surface area contributed by atoms with Crippen molar-refractivity contribution in [3.63, 3.8) is 0 Å². The van der Waals surface area contributed by atoms with Gasteiger partial charge >= 0.3 is 0 Å². The number of amides is 3. The number of benzene rings is 2. The number of carbonyl (C=O) groups is 3. The molecule has 1 unspecified atom stereocenters. The van der Waals surface area contributed by atoms with Crippen LogP contribution in [0.4, 0.5) is 0 Å². The van der Waals surface area contributed by atoms with E-state index in [0.29, 0.717) is 36.3 Å². The molecular weight excluding hydrogens is 534 g/mol. The number of nitriles is 1. The fourth-order valence-corrected chi connectivity index (χ4v) is 6.19. The number of H-pyrrole nitrogens is 1. The van der Waals surface area contributed by atoms with Gasteiger partial charge in [0.1, 0.15) is 6.04 Å². The summed E-state index contributed by atoms with van der Waals surface area (Å²) in [5.74, 6) is 0.0708. The van der Waals surface area contributed by atoms with E-state index in [0.717, 1.165) is 28.7 Å². The molecule has 0 spiro atoms. The van der Waals surface area contributed by atoms with Gasteiger partial charge in [-0.25, -0.2) is 0 Å². The van der Waals surface area contributed by atoms with Crippen LogP contribution in [-0.2, 0) is 10.2 Å². The second kappa shape index (κ2) is 11.3. The van der Waals surface area contributed by atoms with Crippen molar-refractivity contribution >= 4 is 17.7 Å². The predicted molar refractivity (Wildman–Crippen MR) is 154 cm³/mol. The molecule has 2 aromatic carbocycles. The average molecular weight is 570 g/mol. The first-order valence-corrected chi connectivity index (χ1v) is 14.0. The molecule has 12 heteroatoms. The fraction of sp³-hybridized carbons (Fsp3) is 0.433. The van der Waals surface area contributed by atoms with Gasteiger partial charge in [0.2, 0.25) is 5.91 Å². The summed E-state index contributed by atoms with van der Waals surface area (Å²) in [6.07, 6.45) is 1.98. The van der Waals surface area contributed by atoms with Crippen LogP contribution in [0.25, 0.3) is 11.1 Å². The lowest BCUT2D eigenvalue weighted by Gasteiger charge is -2.32. The minimum Gasteiger partial charge on any atom is -0.345 e. The number of aromatic nitrogens is 4. The highest BCUT2D eigenvalue weighted by Crippen LogP contribution is 2.54. The zero-order valence-electron chi connectivity index (χ0n) is 24.5. The van der Waals surface area contributed by atoms with Gasteiger partial charge in [-0.3, -0.25) is 14.4 Å². The van der Waals surface area contributed by atoms with Crippen molar-refractivity contribution in [2.75, 3.05) is 41.3 Å². The monoisotopic (exact) mass is 569 g/mol. The molecule has 1 aliphatic heterocycles. The second-order valence-corrected chi connectivity index (χ2v) is 11.4. The lowest BCUT2D eigenvalue weighted by atomic mass is 9.72. The van der Waals surface area contributed by atoms with Gasteiger partial charge < -0.3 is 20.0 Å². The van der Waals surface area contributed by atoms with Crippen molar-refractivity contribution in [2.45, 2.75) is 43.7 Å². The van der Waals surface area contributed by atoms with Crippen LogP contribution in [0.5, 0.6) is 0 Å². The first-order valence-electron chi connectivity index (χ1n) is 14.0. The molecule has 2 heterocycles. The van der Waals surface area contributed by atoms with Crippen molar-refractivity contribution in [1.82, 2.24) is 40.6 Å². The van der Waals surface area contributed by atoms with Gasteiger partial charge in [0.05, 0.1) is 18.0 Å². The lowest BCUT2D eigenvalue weighted by molar-refractivity contribution is -0.130. The van der Waals surface area contributed by atoms with Crippen LogP contribution in [0.1, 0.15) is 63.9 Å². The number of carbonyl (C=O) groups excluding carboxylic acids is 3. The molecule has 3 amide bonds. The van der Waals surface area contributed by atoms with Gasteiger partial charge in [0.15, 0.2) is 5.82 Å². The zero-order chi connectivity index (χ0) is 30.2. The van der Waals surface area contributed by atoms with Crippen molar-refractivity contribution in [3.8, 4) is 17.2 Å². The molecule has 5 rings (SSSR count). The Morgan fingerprint density at radius 1 is 1.07 bits per heavy atom. The van der Waals surface area contributed by atoms with Gasteiger partial charge in [-0.2, -0.15) is 10.5 Å². The molecule has 2 atom stereocenters. The third kappa shape index (κ3) is 4.90. The summed E-state index contributed by atoms with van der Waals surface area (Å²) in [6.45, 7) is 2.67. The van der Waals surface area contributed by atoms with Gasteiger partial charge in [-0.15, -0.1) is 10.2 Å². The predicted octanol–water partition coefficient (Wildman–Crippen LogP) is 1.80. The third-order valence-corrected chi connectivity index (χ3v) is 8.22. The van der Waals surface area contributed by atoms with Crippen LogP contribution in [-0.4, -0.2) is 106 Å². The molecule has 2 aliphatic rings. The van der Waals surface area contributed by atoms with E-state index >= 15 is 0 Å². The van der Waals surface area contributed by atoms with Crippen LogP contribution in [0, 0.1) is 11.3 Å². The van der Waals surface area contributed by atoms with E-state index in [1.54, 1.807) is 45.2 Å². The number of tetrazole rings is 1. The van der Waals surface area contributed by atoms with Crippen LogP contribution < -0.4 is 5.32 Å². The maximum atomic E-state index is 13.0. The van der Waals surface area contributed by atoms with E-state index in [4.69, 9.17) is 0 Å². The Balaban J connectivity index is 1.58. The van der Waals surface area contributed by atoms with Crippen LogP contribution in [0.15, 0.2) is 36.4 Å². The normalized spacial score (nSPS) is 17.2. The maximum Gasteiger partial charge on any atom is 0.253 e. The number of fused-ring (bicyclic) bond motifs is 3. The van der Waals surface area contributed by atoms with E-state index in [2.05, 4.69) is 32.0 Å². The lowest BCUT2D eigenvalue weighted by Crippen LogP contribution is -2.45. The Kier molecular flexibility index (Phi) is 7.79. The van der Waals surface area contributed by atoms with Gasteiger partial charge in [-0.1, -0.05) is 17.3 Å². The summed E-state index contributed by atoms with van der Waals surface area (Å²) in [5, 5.41) is 28.1. The van der Waals surface area contributed by atoms with E-state index in [9.17, 15) is 19.6 Å². The molecule has 12 nitrogen and oxygen atoms in total. The van der Waals surface area contributed by atoms with Crippen molar-refractivity contribution < 1.29 is 14.4 Å². The van der Waals surface area contributed by atoms with Crippen molar-refractivity contribution in [3.05, 3.63) is 64.5 Å². The summed E-state index contributed by atoms with van der Waals surface area (Å²) in [6, 6.07) is 12.8. The van der Waals surface area contributed by atoms with Crippen LogP contribution in [0.2, 0.25) is 0 Å². The molecule has 0 radical (unpaired) electrons. The molecule has 1 fully saturated rings. The number of hydrogen-bond acceptors (Lipinski definition) is 8. The Hall–Kier alpha value is -4.63. The van der Waals surface area contributed by atoms with Crippen molar-refractivity contribution in [1.29, 1.82) is 5.26 Å². The molecule has 42 heavy (non-hydrogen) atoms. The molecule has 1 aromatic heterocycles. The van der Waals surface area contributed by atoms with Crippen LogP contribution >= 0.6 is 0 Å². The van der Waals surface area contributed by atoms with Crippen LogP contribution in [0.3, 0.4) is 0 Å². The highest BCUT2D eigenvalue weighted by molar-refractivity contribution is 5.99. The minimum atomic E-state index is -0.880. The van der Waals surface area contributed by atoms with Gasteiger partial charge in [-0.05, 0) is 72.7 Å². The van der Waals surface area contributed by atoms with Gasteiger partial charge in [0.25, 0.3) is 11.8 Å². The summed E-state index contributed by atoms with van der Waals surface area (Å²) in [4.78, 5) is 43.6. The Labute approximate surface area is 244 Å². The SMILES string of the molecule is C[C@@H](CC1(c2nn[nH]n2)c2ccc(C(=O)N(C)C)cc2-c2cc(C(=O)N(C)C)ccc21)NCC(=O)N1CCCC1C#N. The zero-order valence-corrected chi connectivity index (χ0v) is 24.5. The minimum absolute atomic E-state index is 0.0912. The second-order valence-electron chi connectivity index (χ2n) is 11.4. The highest BCUT2D eigenvalue weighted by atomic mass is 16.2. The number of nitrogens with zero attached hydrogens (tertiary/aromatic N) is 7.